The van der Waals surface area contributed by atoms with E-state index in [1.54, 1.807) is 21.3 Å². The molecule has 0 aliphatic carbocycles. The SMILES string of the molecule is COc1cc(OC)c(C2=CCN(C(=O)c3cccc(C)c3-n3cccc3)CC2)c(OC)c1. The van der Waals surface area contributed by atoms with Crippen molar-refractivity contribution in [1.29, 1.82) is 0 Å². The lowest BCUT2D eigenvalue weighted by molar-refractivity contribution is 0.0773. The van der Waals surface area contributed by atoms with Gasteiger partial charge in [0.05, 0.1) is 38.1 Å². The minimum atomic E-state index is 0.0290. The van der Waals surface area contributed by atoms with E-state index in [0.717, 1.165) is 22.4 Å². The Morgan fingerprint density at radius 3 is 2.19 bits per heavy atom. The van der Waals surface area contributed by atoms with Gasteiger partial charge < -0.3 is 23.7 Å². The molecule has 0 radical (unpaired) electrons. The maximum absolute atomic E-state index is 13.5. The molecule has 1 aromatic heterocycles. The largest absolute Gasteiger partial charge is 0.496 e. The van der Waals surface area contributed by atoms with Crippen LogP contribution in [0.5, 0.6) is 17.2 Å². The summed E-state index contributed by atoms with van der Waals surface area (Å²) < 4.78 is 18.6. The molecule has 2 aromatic carbocycles. The normalized spacial score (nSPS) is 13.5. The van der Waals surface area contributed by atoms with Crippen molar-refractivity contribution in [1.82, 2.24) is 9.47 Å². The van der Waals surface area contributed by atoms with Gasteiger partial charge in [-0.1, -0.05) is 18.2 Å². The fourth-order valence-electron chi connectivity index (χ4n) is 4.23. The smallest absolute Gasteiger partial charge is 0.256 e. The lowest BCUT2D eigenvalue weighted by Crippen LogP contribution is -2.35. The second kappa shape index (κ2) is 9.22. The Hall–Kier alpha value is -3.67. The molecule has 6 nitrogen and oxygen atoms in total. The molecule has 0 atom stereocenters. The summed E-state index contributed by atoms with van der Waals surface area (Å²) in [5.41, 5.74) is 4.70. The molecule has 2 heterocycles. The van der Waals surface area contributed by atoms with Crippen LogP contribution in [-0.2, 0) is 0 Å². The summed E-state index contributed by atoms with van der Waals surface area (Å²) in [6, 6.07) is 13.5. The number of nitrogens with zero attached hydrogens (tertiary/aromatic N) is 2. The van der Waals surface area contributed by atoms with Gasteiger partial charge in [-0.25, -0.2) is 0 Å². The van der Waals surface area contributed by atoms with Crippen molar-refractivity contribution in [3.8, 4) is 22.9 Å². The number of carbonyl (C=O) groups excluding carboxylic acids is 1. The zero-order valence-corrected chi connectivity index (χ0v) is 18.9. The van der Waals surface area contributed by atoms with Gasteiger partial charge in [-0.05, 0) is 42.7 Å². The third kappa shape index (κ3) is 3.96. The van der Waals surface area contributed by atoms with Crippen molar-refractivity contribution in [2.24, 2.45) is 0 Å². The van der Waals surface area contributed by atoms with Crippen molar-refractivity contribution in [3.63, 3.8) is 0 Å². The quantitative estimate of drug-likeness (QED) is 0.565. The highest BCUT2D eigenvalue weighted by Crippen LogP contribution is 2.41. The molecule has 1 amide bonds. The molecular weight excluding hydrogens is 404 g/mol. The number of rotatable bonds is 6. The van der Waals surface area contributed by atoms with E-state index in [-0.39, 0.29) is 5.91 Å². The summed E-state index contributed by atoms with van der Waals surface area (Å²) >= 11 is 0. The van der Waals surface area contributed by atoms with E-state index in [1.807, 2.05) is 71.2 Å². The highest BCUT2D eigenvalue weighted by atomic mass is 16.5. The molecule has 32 heavy (non-hydrogen) atoms. The van der Waals surface area contributed by atoms with E-state index in [1.165, 1.54) is 0 Å². The van der Waals surface area contributed by atoms with Gasteiger partial charge >= 0.3 is 0 Å². The minimum Gasteiger partial charge on any atom is -0.496 e. The van der Waals surface area contributed by atoms with Gasteiger partial charge in [-0.2, -0.15) is 0 Å². The first-order valence-electron chi connectivity index (χ1n) is 10.6. The molecular formula is C26H28N2O4. The van der Waals surface area contributed by atoms with E-state index in [2.05, 4.69) is 6.08 Å². The average Bonchev–Trinajstić information content (AvgIpc) is 3.37. The molecule has 0 saturated carbocycles. The van der Waals surface area contributed by atoms with Crippen LogP contribution in [0.4, 0.5) is 0 Å². The van der Waals surface area contributed by atoms with E-state index >= 15 is 0 Å². The number of hydrogen-bond acceptors (Lipinski definition) is 4. The third-order valence-electron chi connectivity index (χ3n) is 5.86. The zero-order valence-electron chi connectivity index (χ0n) is 18.9. The Kier molecular flexibility index (Phi) is 6.21. The van der Waals surface area contributed by atoms with E-state index in [4.69, 9.17) is 14.2 Å². The third-order valence-corrected chi connectivity index (χ3v) is 5.86. The molecule has 0 N–H and O–H groups in total. The molecule has 1 aliphatic rings. The minimum absolute atomic E-state index is 0.0290. The Morgan fingerprint density at radius 2 is 1.62 bits per heavy atom. The Morgan fingerprint density at radius 1 is 0.938 bits per heavy atom. The van der Waals surface area contributed by atoms with Crippen LogP contribution in [0.15, 0.2) is 60.9 Å². The summed E-state index contributed by atoms with van der Waals surface area (Å²) in [5, 5.41) is 0. The first-order valence-corrected chi connectivity index (χ1v) is 10.6. The van der Waals surface area contributed by atoms with Gasteiger partial charge in [-0.15, -0.1) is 0 Å². The monoisotopic (exact) mass is 432 g/mol. The second-order valence-electron chi connectivity index (χ2n) is 7.70. The first-order chi connectivity index (χ1) is 15.6. The highest BCUT2D eigenvalue weighted by Gasteiger charge is 2.25. The molecule has 0 spiro atoms. The van der Waals surface area contributed by atoms with Gasteiger partial charge in [0, 0.05) is 37.6 Å². The number of benzene rings is 2. The number of methoxy groups -OCH3 is 3. The predicted octanol–water partition coefficient (Wildman–Crippen LogP) is 4.74. The molecule has 1 aliphatic heterocycles. The summed E-state index contributed by atoms with van der Waals surface area (Å²) in [6.07, 6.45) is 6.72. The molecule has 166 valence electrons. The van der Waals surface area contributed by atoms with E-state index in [0.29, 0.717) is 42.3 Å². The number of carbonyl (C=O) groups is 1. The average molecular weight is 433 g/mol. The number of para-hydroxylation sites is 1. The van der Waals surface area contributed by atoms with Gasteiger partial charge in [0.2, 0.25) is 0 Å². The van der Waals surface area contributed by atoms with Crippen LogP contribution in [0.3, 0.4) is 0 Å². The molecule has 4 rings (SSSR count). The van der Waals surface area contributed by atoms with Crippen molar-refractivity contribution in [2.75, 3.05) is 34.4 Å². The van der Waals surface area contributed by atoms with Crippen molar-refractivity contribution >= 4 is 11.5 Å². The molecule has 3 aromatic rings. The molecule has 0 fully saturated rings. The standard InChI is InChI=1S/C26H28N2O4/c1-18-8-7-9-21(25(18)27-12-5-6-13-27)26(29)28-14-10-19(11-15-28)24-22(31-3)16-20(30-2)17-23(24)32-4/h5-10,12-13,16-17H,11,14-15H2,1-4H3. The van der Waals surface area contributed by atoms with E-state index in [9.17, 15) is 4.79 Å². The fraction of sp³-hybridized carbons (Fsp3) is 0.269. The maximum atomic E-state index is 13.5. The second-order valence-corrected chi connectivity index (χ2v) is 7.70. The molecule has 6 heteroatoms. The highest BCUT2D eigenvalue weighted by molar-refractivity contribution is 5.99. The lowest BCUT2D eigenvalue weighted by atomic mass is 9.96. The Bertz CT molecular complexity index is 1120. The van der Waals surface area contributed by atoms with Gasteiger partial charge in [0.25, 0.3) is 5.91 Å². The van der Waals surface area contributed by atoms with Crippen LogP contribution < -0.4 is 14.2 Å². The summed E-state index contributed by atoms with van der Waals surface area (Å²) in [4.78, 5) is 15.3. The molecule has 0 unspecified atom stereocenters. The van der Waals surface area contributed by atoms with Gasteiger partial charge in [0.1, 0.15) is 17.2 Å². The van der Waals surface area contributed by atoms with Gasteiger partial charge in [-0.3, -0.25) is 4.79 Å². The zero-order chi connectivity index (χ0) is 22.7. The Balaban J connectivity index is 1.63. The summed E-state index contributed by atoms with van der Waals surface area (Å²) in [7, 11) is 4.89. The number of amides is 1. The Labute approximate surface area is 188 Å². The van der Waals surface area contributed by atoms with Crippen molar-refractivity contribution < 1.29 is 19.0 Å². The summed E-state index contributed by atoms with van der Waals surface area (Å²) in [6.45, 7) is 3.16. The van der Waals surface area contributed by atoms with Gasteiger partial charge in [0.15, 0.2) is 0 Å². The number of aryl methyl sites for hydroxylation is 1. The van der Waals surface area contributed by atoms with Crippen LogP contribution in [0.2, 0.25) is 0 Å². The van der Waals surface area contributed by atoms with Crippen LogP contribution in [0.25, 0.3) is 11.3 Å². The molecule has 0 saturated heterocycles. The topological polar surface area (TPSA) is 52.9 Å². The van der Waals surface area contributed by atoms with E-state index < -0.39 is 0 Å². The van der Waals surface area contributed by atoms with Crippen LogP contribution in [-0.4, -0.2) is 49.8 Å². The van der Waals surface area contributed by atoms with Crippen LogP contribution in [0.1, 0.15) is 27.9 Å². The van der Waals surface area contributed by atoms with Crippen molar-refractivity contribution in [2.45, 2.75) is 13.3 Å². The number of aromatic nitrogens is 1. The number of hydrogen-bond donors (Lipinski definition) is 0. The predicted molar refractivity (Wildman–Crippen MR) is 125 cm³/mol. The maximum Gasteiger partial charge on any atom is 0.256 e. The molecule has 0 bridgehead atoms. The van der Waals surface area contributed by atoms with Crippen LogP contribution >= 0.6 is 0 Å². The lowest BCUT2D eigenvalue weighted by Gasteiger charge is -2.29. The van der Waals surface area contributed by atoms with Crippen LogP contribution in [0, 0.1) is 6.92 Å². The van der Waals surface area contributed by atoms with Crippen molar-refractivity contribution in [3.05, 3.63) is 77.6 Å². The summed E-state index contributed by atoms with van der Waals surface area (Å²) in [5.74, 6) is 2.09. The first kappa shape index (κ1) is 21.6. The fourth-order valence-corrected chi connectivity index (χ4v) is 4.23. The number of ether oxygens (including phenoxy) is 3.